The average molecular weight is 158 g/mol. The summed E-state index contributed by atoms with van der Waals surface area (Å²) < 4.78 is 0. The third kappa shape index (κ3) is 2.62. The highest BCUT2D eigenvalue weighted by atomic mass is 16.4. The van der Waals surface area contributed by atoms with Crippen LogP contribution >= 0.6 is 0 Å². The predicted octanol–water partition coefficient (Wildman–Crippen LogP) is 1.95. The lowest BCUT2D eigenvalue weighted by Crippen LogP contribution is -2.27. The standard InChI is InChI=1S/C8H14O3/c1-4-8(3,7(10)11)5-6(2)9/h9H,2,4-5H2,1,3H3,(H,10,11). The number of aliphatic hydroxyl groups excluding tert-OH is 1. The first-order valence-corrected chi connectivity index (χ1v) is 3.52. The second-order valence-corrected chi connectivity index (χ2v) is 2.96. The van der Waals surface area contributed by atoms with Crippen LogP contribution in [0.5, 0.6) is 0 Å². The molecular weight excluding hydrogens is 144 g/mol. The molecule has 2 N–H and O–H groups in total. The summed E-state index contributed by atoms with van der Waals surface area (Å²) in [6.07, 6.45) is 0.612. The molecule has 0 aliphatic rings. The minimum Gasteiger partial charge on any atom is -0.513 e. The smallest absolute Gasteiger partial charge is 0.309 e. The number of rotatable bonds is 4. The van der Waals surface area contributed by atoms with E-state index in [-0.39, 0.29) is 12.2 Å². The summed E-state index contributed by atoms with van der Waals surface area (Å²) in [7, 11) is 0. The van der Waals surface area contributed by atoms with Gasteiger partial charge in [-0.2, -0.15) is 0 Å². The molecule has 0 aliphatic carbocycles. The van der Waals surface area contributed by atoms with Crippen molar-refractivity contribution in [2.24, 2.45) is 5.41 Å². The van der Waals surface area contributed by atoms with Crippen molar-refractivity contribution in [1.29, 1.82) is 0 Å². The Morgan fingerprint density at radius 2 is 2.00 bits per heavy atom. The van der Waals surface area contributed by atoms with Crippen molar-refractivity contribution in [3.05, 3.63) is 12.3 Å². The Balaban J connectivity index is 4.34. The summed E-state index contributed by atoms with van der Waals surface area (Å²) in [4.78, 5) is 10.6. The first-order valence-electron chi connectivity index (χ1n) is 3.52. The van der Waals surface area contributed by atoms with Crippen LogP contribution in [0, 0.1) is 5.41 Å². The highest BCUT2D eigenvalue weighted by molar-refractivity contribution is 5.74. The van der Waals surface area contributed by atoms with E-state index >= 15 is 0 Å². The minimum atomic E-state index is -0.893. The van der Waals surface area contributed by atoms with Gasteiger partial charge < -0.3 is 10.2 Å². The van der Waals surface area contributed by atoms with Gasteiger partial charge >= 0.3 is 5.97 Å². The van der Waals surface area contributed by atoms with E-state index < -0.39 is 11.4 Å². The molecule has 0 aliphatic heterocycles. The molecule has 0 aromatic heterocycles. The topological polar surface area (TPSA) is 57.5 Å². The van der Waals surface area contributed by atoms with Crippen molar-refractivity contribution >= 4 is 5.97 Å². The van der Waals surface area contributed by atoms with Gasteiger partial charge in [-0.25, -0.2) is 0 Å². The lowest BCUT2D eigenvalue weighted by atomic mass is 9.84. The lowest BCUT2D eigenvalue weighted by molar-refractivity contribution is -0.148. The number of hydrogen-bond acceptors (Lipinski definition) is 2. The van der Waals surface area contributed by atoms with E-state index in [1.807, 2.05) is 0 Å². The summed E-state index contributed by atoms with van der Waals surface area (Å²) in [5.74, 6) is -0.966. The highest BCUT2D eigenvalue weighted by Crippen LogP contribution is 2.28. The maximum Gasteiger partial charge on any atom is 0.309 e. The van der Waals surface area contributed by atoms with Crippen LogP contribution < -0.4 is 0 Å². The summed E-state index contributed by atoms with van der Waals surface area (Å²) in [6, 6.07) is 0. The van der Waals surface area contributed by atoms with E-state index in [2.05, 4.69) is 6.58 Å². The maximum atomic E-state index is 10.6. The van der Waals surface area contributed by atoms with Crippen molar-refractivity contribution in [3.63, 3.8) is 0 Å². The Kier molecular flexibility index (Phi) is 3.11. The zero-order valence-corrected chi connectivity index (χ0v) is 6.92. The predicted molar refractivity (Wildman–Crippen MR) is 42.4 cm³/mol. The van der Waals surface area contributed by atoms with Crippen molar-refractivity contribution in [1.82, 2.24) is 0 Å². The molecule has 0 saturated heterocycles. The molecule has 1 unspecified atom stereocenters. The van der Waals surface area contributed by atoms with E-state index in [1.54, 1.807) is 13.8 Å². The molecule has 0 radical (unpaired) electrons. The summed E-state index contributed by atoms with van der Waals surface area (Å²) in [5.41, 5.74) is -0.869. The van der Waals surface area contributed by atoms with Gasteiger partial charge in [-0.1, -0.05) is 13.5 Å². The molecule has 11 heavy (non-hydrogen) atoms. The van der Waals surface area contributed by atoms with Crippen molar-refractivity contribution < 1.29 is 15.0 Å². The monoisotopic (exact) mass is 158 g/mol. The molecule has 0 aromatic carbocycles. The number of carbonyl (C=O) groups is 1. The molecule has 1 atom stereocenters. The highest BCUT2D eigenvalue weighted by Gasteiger charge is 2.31. The third-order valence-corrected chi connectivity index (χ3v) is 1.89. The van der Waals surface area contributed by atoms with Gasteiger partial charge in [0.25, 0.3) is 0 Å². The van der Waals surface area contributed by atoms with Gasteiger partial charge in [0.2, 0.25) is 0 Å². The van der Waals surface area contributed by atoms with Crippen LogP contribution in [-0.2, 0) is 4.79 Å². The molecule has 3 heteroatoms. The first-order chi connectivity index (χ1) is 4.92. The Morgan fingerprint density at radius 3 is 2.09 bits per heavy atom. The molecule has 64 valence electrons. The second-order valence-electron chi connectivity index (χ2n) is 2.96. The molecule has 0 fully saturated rings. The summed E-state index contributed by atoms with van der Waals surface area (Å²) >= 11 is 0. The zero-order chi connectivity index (χ0) is 9.07. The van der Waals surface area contributed by atoms with Gasteiger partial charge in [-0.05, 0) is 13.3 Å². The molecule has 0 spiro atoms. The number of aliphatic hydroxyl groups is 1. The van der Waals surface area contributed by atoms with Crippen LogP contribution in [0.3, 0.4) is 0 Å². The van der Waals surface area contributed by atoms with Crippen molar-refractivity contribution in [2.45, 2.75) is 26.7 Å². The van der Waals surface area contributed by atoms with Crippen LogP contribution in [0.4, 0.5) is 0 Å². The molecule has 0 saturated carbocycles. The van der Waals surface area contributed by atoms with Gasteiger partial charge in [-0.15, -0.1) is 0 Å². The first kappa shape index (κ1) is 10.0. The van der Waals surface area contributed by atoms with E-state index in [1.165, 1.54) is 0 Å². The quantitative estimate of drug-likeness (QED) is 0.615. The lowest BCUT2D eigenvalue weighted by Gasteiger charge is -2.21. The van der Waals surface area contributed by atoms with E-state index in [0.717, 1.165) is 0 Å². The van der Waals surface area contributed by atoms with Gasteiger partial charge in [0.1, 0.15) is 0 Å². The molecule has 0 rings (SSSR count). The van der Waals surface area contributed by atoms with E-state index in [9.17, 15) is 4.79 Å². The summed E-state index contributed by atoms with van der Waals surface area (Å²) in [6.45, 7) is 6.63. The number of carboxylic acid groups (broad SMARTS) is 1. The molecule has 3 nitrogen and oxygen atoms in total. The number of allylic oxidation sites excluding steroid dienone is 1. The van der Waals surface area contributed by atoms with E-state index in [0.29, 0.717) is 6.42 Å². The van der Waals surface area contributed by atoms with E-state index in [4.69, 9.17) is 10.2 Å². The Bertz CT molecular complexity index is 174. The largest absolute Gasteiger partial charge is 0.513 e. The minimum absolute atomic E-state index is 0.0725. The van der Waals surface area contributed by atoms with Gasteiger partial charge in [0.05, 0.1) is 11.2 Å². The second kappa shape index (κ2) is 3.42. The number of carboxylic acids is 1. The number of aliphatic carboxylic acids is 1. The fourth-order valence-corrected chi connectivity index (χ4v) is 0.802. The van der Waals surface area contributed by atoms with Crippen LogP contribution in [-0.4, -0.2) is 16.2 Å². The van der Waals surface area contributed by atoms with Crippen LogP contribution in [0.1, 0.15) is 26.7 Å². The van der Waals surface area contributed by atoms with Crippen LogP contribution in [0.25, 0.3) is 0 Å². The maximum absolute atomic E-state index is 10.6. The average Bonchev–Trinajstić information content (AvgIpc) is 1.86. The molecule has 0 heterocycles. The molecule has 0 amide bonds. The Hall–Kier alpha value is -0.990. The third-order valence-electron chi connectivity index (χ3n) is 1.89. The van der Waals surface area contributed by atoms with Gasteiger partial charge in [0.15, 0.2) is 0 Å². The van der Waals surface area contributed by atoms with Crippen LogP contribution in [0.2, 0.25) is 0 Å². The van der Waals surface area contributed by atoms with Crippen molar-refractivity contribution in [2.75, 3.05) is 0 Å². The fraction of sp³-hybridized carbons (Fsp3) is 0.625. The zero-order valence-electron chi connectivity index (χ0n) is 6.92. The van der Waals surface area contributed by atoms with Crippen molar-refractivity contribution in [3.8, 4) is 0 Å². The van der Waals surface area contributed by atoms with Gasteiger partial charge in [-0.3, -0.25) is 4.79 Å². The number of hydrogen-bond donors (Lipinski definition) is 2. The molecular formula is C8H14O3. The molecule has 0 bridgehead atoms. The Labute approximate surface area is 66.4 Å². The SMILES string of the molecule is C=C(O)CC(C)(CC)C(=O)O. The van der Waals surface area contributed by atoms with Crippen LogP contribution in [0.15, 0.2) is 12.3 Å². The Morgan fingerprint density at radius 1 is 1.55 bits per heavy atom. The molecule has 0 aromatic rings. The van der Waals surface area contributed by atoms with Gasteiger partial charge in [0, 0.05) is 6.42 Å². The normalized spacial score (nSPS) is 15.5. The fourth-order valence-electron chi connectivity index (χ4n) is 0.802. The summed E-state index contributed by atoms with van der Waals surface area (Å²) in [5, 5.41) is 17.5.